The normalized spacial score (nSPS) is 15.4. The minimum absolute atomic E-state index is 0.160. The molecule has 1 unspecified atom stereocenters. The van der Waals surface area contributed by atoms with Crippen LogP contribution in [0.3, 0.4) is 0 Å². The number of hydrogen-bond donors (Lipinski definition) is 2. The molecule has 2 aromatic rings. The van der Waals surface area contributed by atoms with Crippen molar-refractivity contribution >= 4 is 11.9 Å². The molecule has 0 spiro atoms. The number of amides is 1. The lowest BCUT2D eigenvalue weighted by atomic mass is 10.1. The number of anilines is 1. The van der Waals surface area contributed by atoms with Crippen LogP contribution < -0.4 is 15.8 Å². The molecule has 3 rings (SSSR count). The van der Waals surface area contributed by atoms with Gasteiger partial charge in [0, 0.05) is 24.7 Å². The van der Waals surface area contributed by atoms with E-state index in [1.165, 1.54) is 6.07 Å². The zero-order valence-corrected chi connectivity index (χ0v) is 14.8. The molecular formula is C17H23N5O3. The number of hydrogen-bond acceptors (Lipinski definition) is 6. The number of rotatable bonds is 5. The number of aryl methyl sites for hydroxylation is 2. The van der Waals surface area contributed by atoms with Crippen LogP contribution in [0.2, 0.25) is 0 Å². The van der Waals surface area contributed by atoms with E-state index in [2.05, 4.69) is 25.3 Å². The van der Waals surface area contributed by atoms with Crippen LogP contribution in [0.25, 0.3) is 0 Å². The molecule has 0 saturated carbocycles. The first-order chi connectivity index (χ1) is 11.9. The van der Waals surface area contributed by atoms with Crippen molar-refractivity contribution in [1.29, 1.82) is 0 Å². The van der Waals surface area contributed by atoms with E-state index in [4.69, 9.17) is 4.52 Å². The fourth-order valence-corrected chi connectivity index (χ4v) is 3.04. The molecule has 2 N–H and O–H groups in total. The van der Waals surface area contributed by atoms with Crippen LogP contribution in [-0.2, 0) is 11.2 Å². The average molecular weight is 345 g/mol. The zero-order valence-electron chi connectivity index (χ0n) is 14.8. The van der Waals surface area contributed by atoms with Crippen LogP contribution in [0.15, 0.2) is 15.4 Å². The molecule has 2 aromatic heterocycles. The Morgan fingerprint density at radius 3 is 2.76 bits per heavy atom. The summed E-state index contributed by atoms with van der Waals surface area (Å²) in [5, 5.41) is 6.75. The van der Waals surface area contributed by atoms with E-state index >= 15 is 0 Å². The van der Waals surface area contributed by atoms with E-state index in [1.807, 2.05) is 13.8 Å². The molecule has 134 valence electrons. The van der Waals surface area contributed by atoms with E-state index in [1.54, 1.807) is 6.92 Å². The fourth-order valence-electron chi connectivity index (χ4n) is 3.04. The van der Waals surface area contributed by atoms with E-state index < -0.39 is 0 Å². The number of carbonyl (C=O) groups excluding carboxylic acids is 1. The van der Waals surface area contributed by atoms with Gasteiger partial charge in [0.1, 0.15) is 5.76 Å². The predicted octanol–water partition coefficient (Wildman–Crippen LogP) is 1.39. The average Bonchev–Trinajstić information content (AvgIpc) is 3.20. The molecule has 25 heavy (non-hydrogen) atoms. The van der Waals surface area contributed by atoms with Gasteiger partial charge in [0.2, 0.25) is 11.9 Å². The highest BCUT2D eigenvalue weighted by Gasteiger charge is 2.19. The summed E-state index contributed by atoms with van der Waals surface area (Å²) in [5.41, 5.74) is 1.85. The van der Waals surface area contributed by atoms with Gasteiger partial charge in [0.15, 0.2) is 0 Å². The summed E-state index contributed by atoms with van der Waals surface area (Å²) < 4.78 is 5.08. The Hall–Kier alpha value is -2.64. The SMILES string of the molecule is Cc1noc(C)c1CC(=O)NC(C)c1cc(=O)[nH]c(N2CCCC2)n1. The first-order valence-electron chi connectivity index (χ1n) is 8.51. The third-order valence-corrected chi connectivity index (χ3v) is 4.49. The second kappa shape index (κ2) is 7.08. The molecule has 1 atom stereocenters. The molecule has 3 heterocycles. The van der Waals surface area contributed by atoms with Crippen LogP contribution in [-0.4, -0.2) is 34.1 Å². The van der Waals surface area contributed by atoms with Crippen LogP contribution in [0, 0.1) is 13.8 Å². The van der Waals surface area contributed by atoms with Gasteiger partial charge in [0.05, 0.1) is 23.9 Å². The molecule has 1 aliphatic rings. The number of H-pyrrole nitrogens is 1. The number of aromatic nitrogens is 3. The smallest absolute Gasteiger partial charge is 0.252 e. The Balaban J connectivity index is 1.71. The zero-order chi connectivity index (χ0) is 18.0. The van der Waals surface area contributed by atoms with Crippen LogP contribution >= 0.6 is 0 Å². The van der Waals surface area contributed by atoms with Gasteiger partial charge in [-0.25, -0.2) is 4.98 Å². The summed E-state index contributed by atoms with van der Waals surface area (Å²) >= 11 is 0. The monoisotopic (exact) mass is 345 g/mol. The predicted molar refractivity (Wildman–Crippen MR) is 92.5 cm³/mol. The van der Waals surface area contributed by atoms with Crippen molar-refractivity contribution in [2.75, 3.05) is 18.0 Å². The molecule has 0 aliphatic carbocycles. The van der Waals surface area contributed by atoms with Crippen molar-refractivity contribution in [2.24, 2.45) is 0 Å². The molecule has 8 nitrogen and oxygen atoms in total. The highest BCUT2D eigenvalue weighted by atomic mass is 16.5. The van der Waals surface area contributed by atoms with Gasteiger partial charge in [-0.05, 0) is 33.6 Å². The Morgan fingerprint density at radius 1 is 1.40 bits per heavy atom. The van der Waals surface area contributed by atoms with Gasteiger partial charge in [-0.2, -0.15) is 0 Å². The fraction of sp³-hybridized carbons (Fsp3) is 0.529. The summed E-state index contributed by atoms with van der Waals surface area (Å²) in [6, 6.07) is 1.07. The van der Waals surface area contributed by atoms with Gasteiger partial charge >= 0.3 is 0 Å². The van der Waals surface area contributed by atoms with E-state index in [0.29, 0.717) is 23.1 Å². The number of nitrogens with one attached hydrogen (secondary N) is 2. The Bertz CT molecular complexity index is 800. The van der Waals surface area contributed by atoms with Gasteiger partial charge in [-0.15, -0.1) is 0 Å². The lowest BCUT2D eigenvalue weighted by Gasteiger charge is -2.18. The van der Waals surface area contributed by atoms with Crippen molar-refractivity contribution in [3.05, 3.63) is 39.1 Å². The van der Waals surface area contributed by atoms with Gasteiger partial charge < -0.3 is 14.7 Å². The third-order valence-electron chi connectivity index (χ3n) is 4.49. The third kappa shape index (κ3) is 3.89. The molecular weight excluding hydrogens is 322 g/mol. The maximum Gasteiger partial charge on any atom is 0.252 e. The molecule has 0 bridgehead atoms. The highest BCUT2D eigenvalue weighted by Crippen LogP contribution is 2.17. The summed E-state index contributed by atoms with van der Waals surface area (Å²) in [6.07, 6.45) is 2.38. The topological polar surface area (TPSA) is 104 Å². The lowest BCUT2D eigenvalue weighted by Crippen LogP contribution is -2.31. The lowest BCUT2D eigenvalue weighted by molar-refractivity contribution is -0.121. The summed E-state index contributed by atoms with van der Waals surface area (Å²) in [5.74, 6) is 1.06. The minimum Gasteiger partial charge on any atom is -0.361 e. The standard InChI is InChI=1S/C17H23N5O3/c1-10-13(12(3)25-21-10)8-15(23)18-11(2)14-9-16(24)20-17(19-14)22-6-4-5-7-22/h9,11H,4-8H2,1-3H3,(H,18,23)(H,19,20,24). The maximum atomic E-state index is 12.3. The quantitative estimate of drug-likeness (QED) is 0.849. The Morgan fingerprint density at radius 2 is 2.12 bits per heavy atom. The van der Waals surface area contributed by atoms with E-state index in [-0.39, 0.29) is 23.9 Å². The van der Waals surface area contributed by atoms with Crippen LogP contribution in [0.4, 0.5) is 5.95 Å². The van der Waals surface area contributed by atoms with Gasteiger partial charge in [0.25, 0.3) is 5.56 Å². The van der Waals surface area contributed by atoms with Crippen molar-refractivity contribution in [3.63, 3.8) is 0 Å². The maximum absolute atomic E-state index is 12.3. The first-order valence-corrected chi connectivity index (χ1v) is 8.51. The molecule has 0 radical (unpaired) electrons. The van der Waals surface area contributed by atoms with E-state index in [9.17, 15) is 9.59 Å². The molecule has 1 fully saturated rings. The largest absolute Gasteiger partial charge is 0.361 e. The number of nitrogens with zero attached hydrogens (tertiary/aromatic N) is 3. The van der Waals surface area contributed by atoms with Crippen molar-refractivity contribution in [3.8, 4) is 0 Å². The number of carbonyl (C=O) groups is 1. The molecule has 1 aliphatic heterocycles. The van der Waals surface area contributed by atoms with Gasteiger partial charge in [-0.1, -0.05) is 5.16 Å². The molecule has 1 amide bonds. The Labute approximate surface area is 145 Å². The Kier molecular flexibility index (Phi) is 4.87. The molecule has 0 aromatic carbocycles. The second-order valence-electron chi connectivity index (χ2n) is 6.46. The molecule has 1 saturated heterocycles. The number of aromatic amines is 1. The van der Waals surface area contributed by atoms with Crippen molar-refractivity contribution in [2.45, 2.75) is 46.1 Å². The van der Waals surface area contributed by atoms with Crippen LogP contribution in [0.5, 0.6) is 0 Å². The summed E-state index contributed by atoms with van der Waals surface area (Å²) in [6.45, 7) is 7.19. The summed E-state index contributed by atoms with van der Waals surface area (Å²) in [7, 11) is 0. The first kappa shape index (κ1) is 17.2. The highest BCUT2D eigenvalue weighted by molar-refractivity contribution is 5.79. The van der Waals surface area contributed by atoms with Crippen molar-refractivity contribution in [1.82, 2.24) is 20.4 Å². The summed E-state index contributed by atoms with van der Waals surface area (Å²) in [4.78, 5) is 33.6. The van der Waals surface area contributed by atoms with Crippen LogP contribution in [0.1, 0.15) is 48.5 Å². The minimum atomic E-state index is -0.364. The second-order valence-corrected chi connectivity index (χ2v) is 6.46. The van der Waals surface area contributed by atoms with E-state index in [0.717, 1.165) is 31.5 Å². The van der Waals surface area contributed by atoms with Gasteiger partial charge in [-0.3, -0.25) is 14.6 Å². The molecule has 8 heteroatoms. The van der Waals surface area contributed by atoms with Crippen molar-refractivity contribution < 1.29 is 9.32 Å².